The maximum absolute atomic E-state index is 12.2. The minimum Gasteiger partial charge on any atom is -0.435 e. The molecule has 0 unspecified atom stereocenters. The van der Waals surface area contributed by atoms with Gasteiger partial charge in [-0.1, -0.05) is 24.3 Å². The van der Waals surface area contributed by atoms with Gasteiger partial charge in [0.05, 0.1) is 0 Å². The van der Waals surface area contributed by atoms with E-state index in [9.17, 15) is 13.6 Å². The summed E-state index contributed by atoms with van der Waals surface area (Å²) in [5.41, 5.74) is 2.61. The number of hydrogen-bond acceptors (Lipinski definition) is 3. The molecule has 140 valence electrons. The highest BCUT2D eigenvalue weighted by Gasteiger charge is 2.05. The zero-order valence-corrected chi connectivity index (χ0v) is 14.8. The minimum atomic E-state index is -2.83. The van der Waals surface area contributed by atoms with Gasteiger partial charge in [0.25, 0.3) is 0 Å². The van der Waals surface area contributed by atoms with Gasteiger partial charge in [-0.3, -0.25) is 0 Å². The molecule has 0 spiro atoms. The number of nitrogens with one attached hydrogen (secondary N) is 3. The highest BCUT2D eigenvalue weighted by Crippen LogP contribution is 2.16. The Morgan fingerprint density at radius 1 is 1.04 bits per heavy atom. The molecule has 2 rings (SSSR count). The van der Waals surface area contributed by atoms with Crippen LogP contribution >= 0.6 is 0 Å². The summed E-state index contributed by atoms with van der Waals surface area (Å²) >= 11 is 0. The van der Waals surface area contributed by atoms with Crippen LogP contribution in [0, 0.1) is 0 Å². The zero-order valence-electron chi connectivity index (χ0n) is 14.8. The lowest BCUT2D eigenvalue weighted by Gasteiger charge is -2.11. The van der Waals surface area contributed by atoms with Gasteiger partial charge in [0.15, 0.2) is 0 Å². The molecule has 0 aliphatic rings. The van der Waals surface area contributed by atoms with Crippen molar-refractivity contribution in [2.75, 3.05) is 5.32 Å². The minimum absolute atomic E-state index is 0.0723. The molecule has 2 aromatic carbocycles. The first-order valence-corrected chi connectivity index (χ1v) is 8.33. The van der Waals surface area contributed by atoms with Gasteiger partial charge in [0.2, 0.25) is 0 Å². The third-order valence-corrected chi connectivity index (χ3v) is 3.41. The molecule has 0 saturated heterocycles. The number of amides is 2. The van der Waals surface area contributed by atoms with Crippen molar-refractivity contribution in [2.45, 2.75) is 39.6 Å². The van der Waals surface area contributed by atoms with Gasteiger partial charge in [0, 0.05) is 24.8 Å². The average molecular weight is 363 g/mol. The van der Waals surface area contributed by atoms with Crippen molar-refractivity contribution in [1.29, 1.82) is 0 Å². The monoisotopic (exact) mass is 363 g/mol. The Hall–Kier alpha value is -2.67. The summed E-state index contributed by atoms with van der Waals surface area (Å²) in [4.78, 5) is 11.6. The smallest absolute Gasteiger partial charge is 0.387 e. The van der Waals surface area contributed by atoms with Crippen LogP contribution in [0.4, 0.5) is 19.3 Å². The van der Waals surface area contributed by atoms with E-state index in [4.69, 9.17) is 0 Å². The number of halogens is 2. The van der Waals surface area contributed by atoms with Crippen LogP contribution in [0.1, 0.15) is 25.0 Å². The Labute approximate surface area is 151 Å². The van der Waals surface area contributed by atoms with Crippen molar-refractivity contribution < 1.29 is 18.3 Å². The number of urea groups is 1. The molecule has 0 bridgehead atoms. The van der Waals surface area contributed by atoms with Crippen molar-refractivity contribution >= 4 is 11.7 Å². The van der Waals surface area contributed by atoms with E-state index < -0.39 is 6.61 Å². The van der Waals surface area contributed by atoms with Gasteiger partial charge in [0.1, 0.15) is 5.75 Å². The predicted octanol–water partition coefficient (Wildman–Crippen LogP) is 4.11. The molecule has 0 radical (unpaired) electrons. The number of benzene rings is 2. The molecule has 0 saturated carbocycles. The Bertz CT molecular complexity index is 706. The second kappa shape index (κ2) is 9.72. The number of rotatable bonds is 8. The van der Waals surface area contributed by atoms with Gasteiger partial charge in [-0.2, -0.15) is 8.78 Å². The van der Waals surface area contributed by atoms with Crippen molar-refractivity contribution in [3.05, 3.63) is 59.7 Å². The van der Waals surface area contributed by atoms with Gasteiger partial charge in [-0.15, -0.1) is 0 Å². The van der Waals surface area contributed by atoms with E-state index in [0.717, 1.165) is 11.1 Å². The number of hydrogen-bond donors (Lipinski definition) is 3. The van der Waals surface area contributed by atoms with E-state index in [1.54, 1.807) is 12.1 Å². The topological polar surface area (TPSA) is 62.4 Å². The summed E-state index contributed by atoms with van der Waals surface area (Å²) in [5.74, 6) is 0.148. The molecular formula is C19H23F2N3O2. The first-order chi connectivity index (χ1) is 12.4. The Morgan fingerprint density at radius 2 is 1.73 bits per heavy atom. The number of carbonyl (C=O) groups is 1. The van der Waals surface area contributed by atoms with E-state index in [1.165, 1.54) is 6.07 Å². The van der Waals surface area contributed by atoms with E-state index in [2.05, 4.69) is 20.7 Å². The molecule has 2 aromatic rings. The third-order valence-electron chi connectivity index (χ3n) is 3.41. The standard InChI is InChI=1S/C19H23F2N3O2/c1-13(2)23-19(25)24-16-8-6-14(7-9-16)11-22-12-15-4-3-5-17(10-15)26-18(20)21/h3-10,13,18,22H,11-12H2,1-2H3,(H2,23,24,25). The quantitative estimate of drug-likeness (QED) is 0.661. The molecular weight excluding hydrogens is 340 g/mol. The van der Waals surface area contributed by atoms with Crippen LogP contribution in [0.5, 0.6) is 5.75 Å². The van der Waals surface area contributed by atoms with Crippen molar-refractivity contribution in [3.63, 3.8) is 0 Å². The van der Waals surface area contributed by atoms with Crippen LogP contribution in [0.2, 0.25) is 0 Å². The second-order valence-corrected chi connectivity index (χ2v) is 6.08. The van der Waals surface area contributed by atoms with Crippen LogP contribution in [-0.2, 0) is 13.1 Å². The highest BCUT2D eigenvalue weighted by atomic mass is 19.3. The highest BCUT2D eigenvalue weighted by molar-refractivity contribution is 5.89. The molecule has 5 nitrogen and oxygen atoms in total. The average Bonchev–Trinajstić information content (AvgIpc) is 2.55. The van der Waals surface area contributed by atoms with Gasteiger partial charge >= 0.3 is 12.6 Å². The fourth-order valence-corrected chi connectivity index (χ4v) is 2.32. The Balaban J connectivity index is 1.80. The third kappa shape index (κ3) is 7.06. The molecule has 2 amide bonds. The van der Waals surface area contributed by atoms with Crippen LogP contribution in [0.15, 0.2) is 48.5 Å². The lowest BCUT2D eigenvalue weighted by molar-refractivity contribution is -0.0498. The first-order valence-electron chi connectivity index (χ1n) is 8.33. The largest absolute Gasteiger partial charge is 0.435 e. The molecule has 0 aliphatic carbocycles. The molecule has 0 atom stereocenters. The molecule has 0 heterocycles. The van der Waals surface area contributed by atoms with Crippen molar-refractivity contribution in [1.82, 2.24) is 10.6 Å². The van der Waals surface area contributed by atoms with E-state index >= 15 is 0 Å². The number of ether oxygens (including phenoxy) is 1. The van der Waals surface area contributed by atoms with Gasteiger partial charge in [-0.25, -0.2) is 4.79 Å². The maximum atomic E-state index is 12.2. The summed E-state index contributed by atoms with van der Waals surface area (Å²) in [6.45, 7) is 2.09. The van der Waals surface area contributed by atoms with E-state index in [-0.39, 0.29) is 17.8 Å². The lowest BCUT2D eigenvalue weighted by Crippen LogP contribution is -2.34. The lowest BCUT2D eigenvalue weighted by atomic mass is 10.2. The fourth-order valence-electron chi connectivity index (χ4n) is 2.32. The normalized spacial score (nSPS) is 10.8. The molecule has 0 aromatic heterocycles. The number of anilines is 1. The van der Waals surface area contributed by atoms with Gasteiger partial charge in [-0.05, 0) is 49.2 Å². The number of alkyl halides is 2. The van der Waals surface area contributed by atoms with Gasteiger partial charge < -0.3 is 20.7 Å². The zero-order chi connectivity index (χ0) is 18.9. The predicted molar refractivity (Wildman–Crippen MR) is 97.4 cm³/mol. The second-order valence-electron chi connectivity index (χ2n) is 6.08. The Kier molecular flexibility index (Phi) is 7.35. The molecule has 0 aliphatic heterocycles. The van der Waals surface area contributed by atoms with Crippen LogP contribution in [0.3, 0.4) is 0 Å². The molecule has 26 heavy (non-hydrogen) atoms. The Morgan fingerprint density at radius 3 is 2.38 bits per heavy atom. The summed E-state index contributed by atoms with van der Waals surface area (Å²) < 4.78 is 28.9. The molecule has 7 heteroatoms. The van der Waals surface area contributed by atoms with Crippen LogP contribution in [0.25, 0.3) is 0 Å². The van der Waals surface area contributed by atoms with Crippen molar-refractivity contribution in [2.24, 2.45) is 0 Å². The maximum Gasteiger partial charge on any atom is 0.387 e. The summed E-state index contributed by atoms with van der Waals surface area (Å²) in [6.07, 6.45) is 0. The fraction of sp³-hybridized carbons (Fsp3) is 0.316. The van der Waals surface area contributed by atoms with E-state index in [0.29, 0.717) is 18.8 Å². The first kappa shape index (κ1) is 19.7. The summed E-state index contributed by atoms with van der Waals surface area (Å²) in [6, 6.07) is 13.9. The SMILES string of the molecule is CC(C)NC(=O)Nc1ccc(CNCc2cccc(OC(F)F)c2)cc1. The molecule has 0 fully saturated rings. The molecule has 3 N–H and O–H groups in total. The summed E-state index contributed by atoms with van der Waals surface area (Å²) in [7, 11) is 0. The summed E-state index contributed by atoms with van der Waals surface area (Å²) in [5, 5.41) is 8.76. The van der Waals surface area contributed by atoms with Crippen LogP contribution < -0.4 is 20.7 Å². The van der Waals surface area contributed by atoms with Crippen molar-refractivity contribution in [3.8, 4) is 5.75 Å². The van der Waals surface area contributed by atoms with E-state index in [1.807, 2.05) is 44.2 Å². The van der Waals surface area contributed by atoms with Crippen LogP contribution in [-0.4, -0.2) is 18.7 Å². The number of carbonyl (C=O) groups excluding carboxylic acids is 1.